The number of primary amides is 1. The van der Waals surface area contributed by atoms with Gasteiger partial charge in [0, 0.05) is 23.3 Å². The van der Waals surface area contributed by atoms with Crippen molar-refractivity contribution < 1.29 is 4.79 Å². The molecule has 1 aromatic heterocycles. The van der Waals surface area contributed by atoms with Crippen molar-refractivity contribution in [3.8, 4) is 11.1 Å². The van der Waals surface area contributed by atoms with Gasteiger partial charge in [-0.05, 0) is 49.9 Å². The highest BCUT2D eigenvalue weighted by atomic mass is 35.5. The second-order valence-corrected chi connectivity index (χ2v) is 9.61. The summed E-state index contributed by atoms with van der Waals surface area (Å²) in [7, 11) is 0. The van der Waals surface area contributed by atoms with Crippen LogP contribution in [0.25, 0.3) is 11.1 Å². The van der Waals surface area contributed by atoms with Crippen molar-refractivity contribution in [1.82, 2.24) is 14.9 Å². The topological polar surface area (TPSA) is 153 Å². The molecule has 1 fully saturated rings. The molecule has 0 saturated carbocycles. The number of carbonyl (C=O) groups is 1. The number of benzene rings is 1. The number of likely N-dealkylation sites (tertiary alicyclic amines) is 1. The monoisotopic (exact) mass is 542 g/mol. The Balaban J connectivity index is 1.89. The Morgan fingerprint density at radius 2 is 2.00 bits per heavy atom. The number of amidine groups is 1. The fraction of sp³-hybridized carbons (Fsp3) is 0.269. The van der Waals surface area contributed by atoms with E-state index >= 15 is 0 Å². The van der Waals surface area contributed by atoms with Crippen molar-refractivity contribution in [2.45, 2.75) is 38.8 Å². The lowest BCUT2D eigenvalue weighted by Crippen LogP contribution is -2.39. The van der Waals surface area contributed by atoms with Crippen molar-refractivity contribution >= 4 is 40.8 Å². The Labute approximate surface area is 227 Å². The summed E-state index contributed by atoms with van der Waals surface area (Å²) in [6.45, 7) is 6.87. The molecule has 0 bridgehead atoms. The van der Waals surface area contributed by atoms with Crippen LogP contribution in [0.4, 0.5) is 5.82 Å². The van der Waals surface area contributed by atoms with Gasteiger partial charge in [-0.25, -0.2) is 10.8 Å². The molecular formula is C26H32Cl2N8O. The number of hydrogen-bond donors (Lipinski definition) is 4. The first kappa shape index (κ1) is 28.2. The third kappa shape index (κ3) is 6.69. The quantitative estimate of drug-likeness (QED) is 0.0939. The number of allylic oxidation sites excluding steroid dienone is 4. The average molecular weight is 544 g/mol. The number of pyridine rings is 1. The number of halogens is 2. The number of amides is 1. The Bertz CT molecular complexity index is 1240. The Morgan fingerprint density at radius 1 is 1.30 bits per heavy atom. The molecule has 2 heterocycles. The zero-order valence-electron chi connectivity index (χ0n) is 20.7. The predicted molar refractivity (Wildman–Crippen MR) is 151 cm³/mol. The van der Waals surface area contributed by atoms with Gasteiger partial charge in [-0.3, -0.25) is 14.7 Å². The standard InChI is InChI=1S/C26H32Cl2N8O/c1-3-4-6-21(23(28)16(2)27)36(32)26(34-31)20-13-19(14-33-24(20)29)18-10-8-17(9-11-18)15-35-12-5-7-22(35)25(30)37/h3,6,8-11,13-14,22H,1,4-5,7,12,15,31-32H2,2H3,(H2,29,33)(H2,30,37)/b21-6?,23-16-,34-26-/t22-/m0/s1. The number of nitrogens with two attached hydrogens (primary N) is 4. The zero-order chi connectivity index (χ0) is 27.1. The van der Waals surface area contributed by atoms with E-state index in [-0.39, 0.29) is 28.6 Å². The molecule has 1 atom stereocenters. The first-order valence-electron chi connectivity index (χ1n) is 11.7. The van der Waals surface area contributed by atoms with Gasteiger partial charge in [0.05, 0.1) is 22.3 Å². The van der Waals surface area contributed by atoms with Crippen molar-refractivity contribution in [3.63, 3.8) is 0 Å². The summed E-state index contributed by atoms with van der Waals surface area (Å²) in [4.78, 5) is 18.1. The summed E-state index contributed by atoms with van der Waals surface area (Å²) >= 11 is 12.6. The van der Waals surface area contributed by atoms with Gasteiger partial charge in [-0.1, -0.05) is 59.6 Å². The number of aromatic nitrogens is 1. The Hall–Kier alpha value is -3.37. The molecule has 1 aliphatic rings. The second-order valence-electron chi connectivity index (χ2n) is 8.67. The summed E-state index contributed by atoms with van der Waals surface area (Å²) in [6.07, 6.45) is 7.35. The molecule has 1 aromatic carbocycles. The van der Waals surface area contributed by atoms with E-state index in [4.69, 9.17) is 46.4 Å². The molecule has 0 radical (unpaired) electrons. The molecule has 0 aliphatic carbocycles. The molecule has 2 aromatic rings. The first-order valence-corrected chi connectivity index (χ1v) is 12.5. The van der Waals surface area contributed by atoms with Crippen LogP contribution in [0.1, 0.15) is 37.3 Å². The number of carbonyl (C=O) groups excluding carboxylic acids is 1. The van der Waals surface area contributed by atoms with Gasteiger partial charge >= 0.3 is 0 Å². The van der Waals surface area contributed by atoms with Gasteiger partial charge in [-0.15, -0.1) is 6.58 Å². The Kier molecular flexibility index (Phi) is 9.71. The molecule has 37 heavy (non-hydrogen) atoms. The van der Waals surface area contributed by atoms with Gasteiger partial charge < -0.3 is 17.3 Å². The van der Waals surface area contributed by atoms with Gasteiger partial charge in [0.1, 0.15) is 5.82 Å². The number of hydrazone groups is 1. The normalized spacial score (nSPS) is 17.5. The summed E-state index contributed by atoms with van der Waals surface area (Å²) in [5.74, 6) is 12.2. The van der Waals surface area contributed by atoms with Gasteiger partial charge in [0.25, 0.3) is 0 Å². The maximum absolute atomic E-state index is 11.7. The van der Waals surface area contributed by atoms with Crippen LogP contribution in [0.5, 0.6) is 0 Å². The molecule has 1 saturated heterocycles. The SMILES string of the molecule is C=CCC=C(/C(Cl)=C(\C)Cl)N(N)/C(=N\N)c1cc(-c2ccc(CN3CCC[C@H]3C(N)=O)cc2)cnc1N. The number of nitrogen functional groups attached to an aromatic ring is 1. The third-order valence-corrected chi connectivity index (χ3v) is 6.90. The molecule has 0 spiro atoms. The molecule has 11 heteroatoms. The lowest BCUT2D eigenvalue weighted by atomic mass is 10.0. The van der Waals surface area contributed by atoms with E-state index < -0.39 is 0 Å². The van der Waals surface area contributed by atoms with Gasteiger partial charge in [-0.2, -0.15) is 5.10 Å². The fourth-order valence-corrected chi connectivity index (χ4v) is 4.49. The number of nitrogens with zero attached hydrogens (tertiary/aromatic N) is 4. The van der Waals surface area contributed by atoms with Crippen LogP contribution >= 0.6 is 23.2 Å². The van der Waals surface area contributed by atoms with E-state index in [2.05, 4.69) is 21.6 Å². The minimum absolute atomic E-state index is 0.154. The summed E-state index contributed by atoms with van der Waals surface area (Å²) in [5, 5.41) is 5.69. The highest BCUT2D eigenvalue weighted by Gasteiger charge is 2.28. The average Bonchev–Trinajstić information content (AvgIpc) is 3.34. The van der Waals surface area contributed by atoms with Crippen LogP contribution in [0, 0.1) is 0 Å². The van der Waals surface area contributed by atoms with E-state index in [1.807, 2.05) is 30.3 Å². The fourth-order valence-electron chi connectivity index (χ4n) is 4.23. The lowest BCUT2D eigenvalue weighted by molar-refractivity contribution is -0.122. The van der Waals surface area contributed by atoms with Crippen LogP contribution in [-0.2, 0) is 11.3 Å². The number of hydrogen-bond acceptors (Lipinski definition) is 7. The smallest absolute Gasteiger partial charge is 0.234 e. The van der Waals surface area contributed by atoms with Crippen molar-refractivity contribution in [2.24, 2.45) is 22.5 Å². The first-order chi connectivity index (χ1) is 17.7. The van der Waals surface area contributed by atoms with Gasteiger partial charge in [0.2, 0.25) is 5.91 Å². The van der Waals surface area contributed by atoms with E-state index in [0.29, 0.717) is 29.3 Å². The number of anilines is 1. The minimum atomic E-state index is -0.276. The van der Waals surface area contributed by atoms with Crippen LogP contribution < -0.4 is 23.2 Å². The summed E-state index contributed by atoms with van der Waals surface area (Å²) < 4.78 is 0. The van der Waals surface area contributed by atoms with Crippen LogP contribution in [0.3, 0.4) is 0 Å². The number of rotatable bonds is 9. The van der Waals surface area contributed by atoms with Crippen LogP contribution in [-0.4, -0.2) is 39.2 Å². The van der Waals surface area contributed by atoms with E-state index in [0.717, 1.165) is 36.1 Å². The molecule has 8 N–H and O–H groups in total. The molecule has 3 rings (SSSR count). The lowest BCUT2D eigenvalue weighted by Gasteiger charge is -2.24. The molecule has 1 aliphatic heterocycles. The highest BCUT2D eigenvalue weighted by Crippen LogP contribution is 2.28. The highest BCUT2D eigenvalue weighted by molar-refractivity contribution is 6.40. The van der Waals surface area contributed by atoms with Crippen LogP contribution in [0.15, 0.2) is 76.1 Å². The van der Waals surface area contributed by atoms with Crippen molar-refractivity contribution in [1.29, 1.82) is 0 Å². The van der Waals surface area contributed by atoms with Crippen molar-refractivity contribution in [2.75, 3.05) is 12.3 Å². The zero-order valence-corrected chi connectivity index (χ0v) is 22.2. The third-order valence-electron chi connectivity index (χ3n) is 6.14. The second kappa shape index (κ2) is 12.7. The summed E-state index contributed by atoms with van der Waals surface area (Å²) in [6, 6.07) is 9.58. The molecular weight excluding hydrogens is 511 g/mol. The molecule has 1 amide bonds. The van der Waals surface area contributed by atoms with Crippen LogP contribution in [0.2, 0.25) is 0 Å². The van der Waals surface area contributed by atoms with Gasteiger partial charge in [0.15, 0.2) is 5.84 Å². The summed E-state index contributed by atoms with van der Waals surface area (Å²) in [5.41, 5.74) is 15.3. The molecule has 0 unspecified atom stereocenters. The number of hydrazine groups is 1. The van der Waals surface area contributed by atoms with E-state index in [1.165, 1.54) is 5.01 Å². The Morgan fingerprint density at radius 3 is 2.59 bits per heavy atom. The minimum Gasteiger partial charge on any atom is -0.383 e. The van der Waals surface area contributed by atoms with E-state index in [9.17, 15) is 4.79 Å². The molecule has 9 nitrogen and oxygen atoms in total. The largest absolute Gasteiger partial charge is 0.383 e. The predicted octanol–water partition coefficient (Wildman–Crippen LogP) is 3.75. The van der Waals surface area contributed by atoms with Crippen molar-refractivity contribution in [3.05, 3.63) is 82.1 Å². The van der Waals surface area contributed by atoms with E-state index in [1.54, 1.807) is 25.3 Å². The molecule has 196 valence electrons. The maximum Gasteiger partial charge on any atom is 0.234 e. The maximum atomic E-state index is 11.7.